The van der Waals surface area contributed by atoms with E-state index in [1.165, 1.54) is 19.3 Å². The van der Waals surface area contributed by atoms with Crippen molar-refractivity contribution in [2.24, 2.45) is 5.73 Å². The van der Waals surface area contributed by atoms with Crippen molar-refractivity contribution in [1.29, 1.82) is 0 Å². The summed E-state index contributed by atoms with van der Waals surface area (Å²) in [4.78, 5) is 10.4. The fraction of sp³-hybridized carbons (Fsp3) is 0.727. The van der Waals surface area contributed by atoms with Gasteiger partial charge in [0.15, 0.2) is 0 Å². The van der Waals surface area contributed by atoms with Gasteiger partial charge in [0.05, 0.1) is 0 Å². The first-order valence-corrected chi connectivity index (χ1v) is 5.37. The van der Waals surface area contributed by atoms with Crippen molar-refractivity contribution < 1.29 is 4.79 Å². The van der Waals surface area contributed by atoms with Gasteiger partial charge in [-0.25, -0.2) is 0 Å². The number of primary amides is 1. The first kappa shape index (κ1) is 13.2. The van der Waals surface area contributed by atoms with E-state index in [4.69, 9.17) is 5.73 Å². The van der Waals surface area contributed by atoms with Crippen molar-refractivity contribution in [2.75, 3.05) is 13.1 Å². The number of unbranched alkanes of at least 4 members (excludes halogenated alkanes) is 3. The Morgan fingerprint density at radius 3 is 2.57 bits per heavy atom. The molecule has 0 aromatic carbocycles. The van der Waals surface area contributed by atoms with Crippen LogP contribution >= 0.6 is 0 Å². The molecule has 0 unspecified atom stereocenters. The van der Waals surface area contributed by atoms with Gasteiger partial charge in [0.2, 0.25) is 5.91 Å². The molecular weight excluding hydrogens is 176 g/mol. The van der Waals surface area contributed by atoms with Crippen LogP contribution in [-0.4, -0.2) is 19.0 Å². The summed E-state index contributed by atoms with van der Waals surface area (Å²) < 4.78 is 0. The van der Waals surface area contributed by atoms with E-state index in [2.05, 4.69) is 11.9 Å². The van der Waals surface area contributed by atoms with Crippen LogP contribution in [0, 0.1) is 0 Å². The van der Waals surface area contributed by atoms with Crippen molar-refractivity contribution in [3.63, 3.8) is 0 Å². The van der Waals surface area contributed by atoms with Crippen molar-refractivity contribution >= 4 is 5.91 Å². The first-order chi connectivity index (χ1) is 6.77. The predicted molar refractivity (Wildman–Crippen MR) is 60.0 cm³/mol. The summed E-state index contributed by atoms with van der Waals surface area (Å²) in [5.74, 6) is -0.210. The van der Waals surface area contributed by atoms with Gasteiger partial charge in [0.25, 0.3) is 0 Å². The summed E-state index contributed by atoms with van der Waals surface area (Å²) >= 11 is 0. The molecule has 0 aromatic rings. The Morgan fingerprint density at radius 1 is 1.21 bits per heavy atom. The van der Waals surface area contributed by atoms with E-state index in [0.29, 0.717) is 6.42 Å². The van der Waals surface area contributed by atoms with E-state index in [1.54, 1.807) is 0 Å². The molecule has 0 aliphatic heterocycles. The Hall–Kier alpha value is -0.830. The lowest BCUT2D eigenvalue weighted by Gasteiger charge is -2.02. The minimum atomic E-state index is -0.210. The predicted octanol–water partition coefficient (Wildman–Crippen LogP) is 1.59. The van der Waals surface area contributed by atoms with E-state index in [1.807, 2.05) is 6.08 Å². The maximum atomic E-state index is 10.4. The minimum absolute atomic E-state index is 0.210. The zero-order valence-corrected chi connectivity index (χ0v) is 8.93. The van der Waals surface area contributed by atoms with Crippen LogP contribution in [-0.2, 0) is 4.79 Å². The molecule has 82 valence electrons. The van der Waals surface area contributed by atoms with Crippen LogP contribution in [0.25, 0.3) is 0 Å². The van der Waals surface area contributed by atoms with Gasteiger partial charge >= 0.3 is 0 Å². The molecule has 0 aliphatic carbocycles. The van der Waals surface area contributed by atoms with E-state index in [-0.39, 0.29) is 5.91 Å². The van der Waals surface area contributed by atoms with E-state index >= 15 is 0 Å². The second-order valence-electron chi connectivity index (χ2n) is 3.46. The molecule has 0 saturated carbocycles. The van der Waals surface area contributed by atoms with Crippen LogP contribution in [0.1, 0.15) is 38.5 Å². The lowest BCUT2D eigenvalue weighted by molar-refractivity contribution is -0.118. The molecule has 0 heterocycles. The lowest BCUT2D eigenvalue weighted by atomic mass is 10.2. The number of allylic oxidation sites excluding steroid dienone is 1. The quantitative estimate of drug-likeness (QED) is 0.414. The number of nitrogens with two attached hydrogens (primary N) is 1. The van der Waals surface area contributed by atoms with Crippen LogP contribution in [0.5, 0.6) is 0 Å². The van der Waals surface area contributed by atoms with Gasteiger partial charge in [-0.15, -0.1) is 6.58 Å². The second-order valence-corrected chi connectivity index (χ2v) is 3.46. The Kier molecular flexibility index (Phi) is 9.64. The largest absolute Gasteiger partial charge is 0.370 e. The highest BCUT2D eigenvalue weighted by Crippen LogP contribution is 1.98. The van der Waals surface area contributed by atoms with Gasteiger partial charge in [0.1, 0.15) is 0 Å². The van der Waals surface area contributed by atoms with Gasteiger partial charge in [-0.3, -0.25) is 4.79 Å². The lowest BCUT2D eigenvalue weighted by Crippen LogP contribution is -2.19. The normalized spacial score (nSPS) is 10.0. The maximum Gasteiger partial charge on any atom is 0.217 e. The van der Waals surface area contributed by atoms with Crippen molar-refractivity contribution in [1.82, 2.24) is 5.32 Å². The summed E-state index contributed by atoms with van der Waals surface area (Å²) in [6.45, 7) is 5.61. The topological polar surface area (TPSA) is 55.1 Å². The molecule has 0 aliphatic rings. The monoisotopic (exact) mass is 198 g/mol. The molecular formula is C11H22N2O. The van der Waals surface area contributed by atoms with Crippen molar-refractivity contribution in [2.45, 2.75) is 38.5 Å². The van der Waals surface area contributed by atoms with Gasteiger partial charge < -0.3 is 11.1 Å². The molecule has 14 heavy (non-hydrogen) atoms. The van der Waals surface area contributed by atoms with Crippen molar-refractivity contribution in [3.8, 4) is 0 Å². The van der Waals surface area contributed by atoms with Gasteiger partial charge in [-0.1, -0.05) is 12.5 Å². The van der Waals surface area contributed by atoms with Crippen LogP contribution in [0.15, 0.2) is 12.7 Å². The van der Waals surface area contributed by atoms with Crippen molar-refractivity contribution in [3.05, 3.63) is 12.7 Å². The number of rotatable bonds is 10. The third kappa shape index (κ3) is 11.2. The Labute approximate surface area is 86.8 Å². The first-order valence-electron chi connectivity index (χ1n) is 5.37. The molecule has 0 rings (SSSR count). The van der Waals surface area contributed by atoms with Gasteiger partial charge in [0, 0.05) is 6.42 Å². The maximum absolute atomic E-state index is 10.4. The zero-order chi connectivity index (χ0) is 10.6. The SMILES string of the molecule is C=CCCCCCNCCCC(N)=O. The van der Waals surface area contributed by atoms with Crippen LogP contribution < -0.4 is 11.1 Å². The second kappa shape index (κ2) is 10.3. The van der Waals surface area contributed by atoms with E-state index in [9.17, 15) is 4.79 Å². The van der Waals surface area contributed by atoms with E-state index in [0.717, 1.165) is 25.9 Å². The highest BCUT2D eigenvalue weighted by Gasteiger charge is 1.93. The standard InChI is InChI=1S/C11H22N2O/c1-2-3-4-5-6-9-13-10-7-8-11(12)14/h2,13H,1,3-10H2,(H2,12,14). The molecule has 3 nitrogen and oxygen atoms in total. The average molecular weight is 198 g/mol. The number of carbonyl (C=O) groups excluding carboxylic acids is 1. The number of carbonyl (C=O) groups is 1. The Morgan fingerprint density at radius 2 is 1.93 bits per heavy atom. The molecule has 1 amide bonds. The molecule has 0 saturated heterocycles. The molecule has 3 heteroatoms. The molecule has 0 bridgehead atoms. The average Bonchev–Trinajstić information content (AvgIpc) is 2.15. The summed E-state index contributed by atoms with van der Waals surface area (Å²) in [7, 11) is 0. The zero-order valence-electron chi connectivity index (χ0n) is 8.93. The summed E-state index contributed by atoms with van der Waals surface area (Å²) in [5, 5.41) is 3.28. The summed E-state index contributed by atoms with van der Waals surface area (Å²) in [6, 6.07) is 0. The fourth-order valence-electron chi connectivity index (χ4n) is 1.23. The van der Waals surface area contributed by atoms with Crippen LogP contribution in [0.3, 0.4) is 0 Å². The van der Waals surface area contributed by atoms with E-state index < -0.39 is 0 Å². The molecule has 0 fully saturated rings. The van der Waals surface area contributed by atoms with Gasteiger partial charge in [-0.2, -0.15) is 0 Å². The fourth-order valence-corrected chi connectivity index (χ4v) is 1.23. The molecule has 0 spiro atoms. The number of hydrogen-bond donors (Lipinski definition) is 2. The highest BCUT2D eigenvalue weighted by molar-refractivity contribution is 5.73. The molecule has 0 aromatic heterocycles. The Balaban J connectivity index is 2.92. The number of nitrogens with one attached hydrogen (secondary N) is 1. The number of hydrogen-bond acceptors (Lipinski definition) is 2. The smallest absolute Gasteiger partial charge is 0.217 e. The molecule has 0 radical (unpaired) electrons. The summed E-state index contributed by atoms with van der Waals surface area (Å²) in [5.41, 5.74) is 5.01. The highest BCUT2D eigenvalue weighted by atomic mass is 16.1. The third-order valence-electron chi connectivity index (χ3n) is 2.04. The minimum Gasteiger partial charge on any atom is -0.370 e. The third-order valence-corrected chi connectivity index (χ3v) is 2.04. The number of amides is 1. The van der Waals surface area contributed by atoms with Crippen LogP contribution in [0.4, 0.5) is 0 Å². The summed E-state index contributed by atoms with van der Waals surface area (Å²) in [6.07, 6.45) is 8.08. The molecule has 3 N–H and O–H groups in total. The molecule has 0 atom stereocenters. The van der Waals surface area contributed by atoms with Gasteiger partial charge in [-0.05, 0) is 38.8 Å². The Bertz CT molecular complexity index is 157. The van der Waals surface area contributed by atoms with Crippen LogP contribution in [0.2, 0.25) is 0 Å².